The van der Waals surface area contributed by atoms with Gasteiger partial charge in [0.15, 0.2) is 0 Å². The van der Waals surface area contributed by atoms with Gasteiger partial charge in [-0.2, -0.15) is 5.10 Å². The molecule has 5 nitrogen and oxygen atoms in total. The Morgan fingerprint density at radius 1 is 1.27 bits per heavy atom. The summed E-state index contributed by atoms with van der Waals surface area (Å²) in [5.41, 5.74) is 1.64. The highest BCUT2D eigenvalue weighted by atomic mass is 35.5. The van der Waals surface area contributed by atoms with Crippen molar-refractivity contribution in [3.8, 4) is 0 Å². The number of carbonyl (C=O) groups is 1. The number of hydrogen-bond donors (Lipinski definition) is 1. The van der Waals surface area contributed by atoms with Crippen molar-refractivity contribution in [1.82, 2.24) is 4.98 Å². The maximum atomic E-state index is 11.1. The summed E-state index contributed by atoms with van der Waals surface area (Å²) in [6, 6.07) is 12.8. The highest BCUT2D eigenvalue weighted by Gasteiger charge is 2.30. The molecule has 1 aromatic heterocycles. The second-order valence-corrected chi connectivity index (χ2v) is 5.49. The molecule has 3 rings (SSSR count). The van der Waals surface area contributed by atoms with Crippen LogP contribution in [0.15, 0.2) is 53.8 Å². The summed E-state index contributed by atoms with van der Waals surface area (Å²) >= 11 is 5.91. The van der Waals surface area contributed by atoms with Gasteiger partial charge in [0.25, 0.3) is 0 Å². The standard InChI is InChI=1S/C16H14ClN3O2/c17-13-6-4-11(5-7-13)16-12(9-15(21)22)10-20(19-16)14-3-1-2-8-18-14/h1-8,12H,9-10H2,(H,21,22). The van der Waals surface area contributed by atoms with Gasteiger partial charge in [-0.15, -0.1) is 0 Å². The molecule has 112 valence electrons. The normalized spacial score (nSPS) is 17.4. The summed E-state index contributed by atoms with van der Waals surface area (Å²) in [5, 5.41) is 16.1. The van der Waals surface area contributed by atoms with Crippen LogP contribution in [0.3, 0.4) is 0 Å². The highest BCUT2D eigenvalue weighted by Crippen LogP contribution is 2.26. The monoisotopic (exact) mass is 315 g/mol. The van der Waals surface area contributed by atoms with Crippen molar-refractivity contribution >= 4 is 29.1 Å². The Bertz CT molecular complexity index is 701. The van der Waals surface area contributed by atoms with E-state index in [0.717, 1.165) is 11.3 Å². The van der Waals surface area contributed by atoms with Gasteiger partial charge in [0.1, 0.15) is 5.82 Å². The molecule has 1 aliphatic heterocycles. The summed E-state index contributed by atoms with van der Waals surface area (Å²) < 4.78 is 0. The fourth-order valence-electron chi connectivity index (χ4n) is 2.49. The molecule has 2 aromatic rings. The van der Waals surface area contributed by atoms with Crippen LogP contribution in [0.2, 0.25) is 5.02 Å². The molecular weight excluding hydrogens is 302 g/mol. The average Bonchev–Trinajstić information content (AvgIpc) is 2.92. The maximum absolute atomic E-state index is 11.1. The number of halogens is 1. The number of aromatic nitrogens is 1. The molecule has 0 bridgehead atoms. The van der Waals surface area contributed by atoms with Gasteiger partial charge in [-0.25, -0.2) is 9.99 Å². The predicted octanol–water partition coefficient (Wildman–Crippen LogP) is 3.05. The molecule has 2 heterocycles. The molecule has 1 aliphatic rings. The third kappa shape index (κ3) is 3.09. The molecule has 0 saturated heterocycles. The zero-order chi connectivity index (χ0) is 15.5. The summed E-state index contributed by atoms with van der Waals surface area (Å²) in [6.45, 7) is 0.501. The predicted molar refractivity (Wildman–Crippen MR) is 85.3 cm³/mol. The van der Waals surface area contributed by atoms with Crippen LogP contribution in [-0.2, 0) is 4.79 Å². The van der Waals surface area contributed by atoms with Crippen LogP contribution in [-0.4, -0.2) is 28.3 Å². The van der Waals surface area contributed by atoms with E-state index in [1.807, 2.05) is 30.3 Å². The summed E-state index contributed by atoms with van der Waals surface area (Å²) in [6.07, 6.45) is 1.72. The van der Waals surface area contributed by atoms with Crippen molar-refractivity contribution in [3.05, 3.63) is 59.2 Å². The molecule has 0 spiro atoms. The summed E-state index contributed by atoms with van der Waals surface area (Å²) in [5.74, 6) is -0.308. The van der Waals surface area contributed by atoms with Crippen LogP contribution in [0, 0.1) is 5.92 Å². The number of rotatable bonds is 4. The van der Waals surface area contributed by atoms with E-state index in [-0.39, 0.29) is 12.3 Å². The Balaban J connectivity index is 1.94. The number of carboxylic acid groups (broad SMARTS) is 1. The lowest BCUT2D eigenvalue weighted by Gasteiger charge is -2.13. The third-order valence-corrected chi connectivity index (χ3v) is 3.74. The smallest absolute Gasteiger partial charge is 0.304 e. The number of nitrogens with zero attached hydrogens (tertiary/aromatic N) is 3. The molecule has 1 atom stereocenters. The Kier molecular flexibility index (Phi) is 4.06. The van der Waals surface area contributed by atoms with Gasteiger partial charge in [0.05, 0.1) is 18.7 Å². The maximum Gasteiger partial charge on any atom is 0.304 e. The Morgan fingerprint density at radius 2 is 2.05 bits per heavy atom. The number of aliphatic carboxylic acids is 1. The Labute approximate surface area is 132 Å². The molecule has 0 fully saturated rings. The van der Waals surface area contributed by atoms with Crippen molar-refractivity contribution in [2.45, 2.75) is 6.42 Å². The lowest BCUT2D eigenvalue weighted by Crippen LogP contribution is -2.22. The van der Waals surface area contributed by atoms with Gasteiger partial charge < -0.3 is 5.11 Å². The van der Waals surface area contributed by atoms with E-state index in [2.05, 4.69) is 10.1 Å². The second kappa shape index (κ2) is 6.15. The lowest BCUT2D eigenvalue weighted by atomic mass is 9.94. The number of pyridine rings is 1. The first kappa shape index (κ1) is 14.5. The molecule has 1 aromatic carbocycles. The third-order valence-electron chi connectivity index (χ3n) is 3.48. The van der Waals surface area contributed by atoms with Gasteiger partial charge in [-0.3, -0.25) is 4.79 Å². The lowest BCUT2D eigenvalue weighted by molar-refractivity contribution is -0.137. The van der Waals surface area contributed by atoms with Crippen LogP contribution in [0.1, 0.15) is 12.0 Å². The van der Waals surface area contributed by atoms with Gasteiger partial charge in [0, 0.05) is 17.1 Å². The van der Waals surface area contributed by atoms with Crippen LogP contribution in [0.25, 0.3) is 0 Å². The SMILES string of the molecule is O=C(O)CC1CN(c2ccccn2)N=C1c1ccc(Cl)cc1. The molecule has 0 saturated carbocycles. The highest BCUT2D eigenvalue weighted by molar-refractivity contribution is 6.30. The minimum atomic E-state index is -0.838. The van der Waals surface area contributed by atoms with Gasteiger partial charge in [0.2, 0.25) is 0 Å². The number of hydrogen-bond acceptors (Lipinski definition) is 4. The first-order valence-electron chi connectivity index (χ1n) is 6.88. The fourth-order valence-corrected chi connectivity index (χ4v) is 2.61. The zero-order valence-corrected chi connectivity index (χ0v) is 12.4. The molecule has 0 amide bonds. The van der Waals surface area contributed by atoms with Gasteiger partial charge >= 0.3 is 5.97 Å². The number of hydrazone groups is 1. The molecule has 0 radical (unpaired) electrons. The van der Waals surface area contributed by atoms with Crippen molar-refractivity contribution in [1.29, 1.82) is 0 Å². The molecule has 1 N–H and O–H groups in total. The van der Waals surface area contributed by atoms with Crippen molar-refractivity contribution in [2.24, 2.45) is 11.0 Å². The van der Waals surface area contributed by atoms with E-state index >= 15 is 0 Å². The van der Waals surface area contributed by atoms with E-state index in [4.69, 9.17) is 16.7 Å². The first-order valence-corrected chi connectivity index (χ1v) is 7.26. The fraction of sp³-hybridized carbons (Fsp3) is 0.188. The quantitative estimate of drug-likeness (QED) is 0.941. The van der Waals surface area contributed by atoms with Crippen LogP contribution in [0.4, 0.5) is 5.82 Å². The average molecular weight is 316 g/mol. The minimum Gasteiger partial charge on any atom is -0.481 e. The van der Waals surface area contributed by atoms with Gasteiger partial charge in [-0.1, -0.05) is 29.8 Å². The van der Waals surface area contributed by atoms with Crippen molar-refractivity contribution < 1.29 is 9.90 Å². The number of benzene rings is 1. The van der Waals surface area contributed by atoms with Crippen LogP contribution in [0.5, 0.6) is 0 Å². The Hall–Kier alpha value is -2.40. The van der Waals surface area contributed by atoms with E-state index in [0.29, 0.717) is 17.4 Å². The van der Waals surface area contributed by atoms with E-state index in [1.54, 1.807) is 23.3 Å². The molecule has 6 heteroatoms. The zero-order valence-electron chi connectivity index (χ0n) is 11.7. The van der Waals surface area contributed by atoms with Crippen LogP contribution >= 0.6 is 11.6 Å². The van der Waals surface area contributed by atoms with E-state index < -0.39 is 5.97 Å². The number of anilines is 1. The molecular formula is C16H14ClN3O2. The molecule has 22 heavy (non-hydrogen) atoms. The van der Waals surface area contributed by atoms with Crippen molar-refractivity contribution in [3.63, 3.8) is 0 Å². The van der Waals surface area contributed by atoms with E-state index in [9.17, 15) is 4.79 Å². The molecule has 0 aliphatic carbocycles. The first-order chi connectivity index (χ1) is 10.6. The Morgan fingerprint density at radius 3 is 2.68 bits per heavy atom. The molecule has 1 unspecified atom stereocenters. The van der Waals surface area contributed by atoms with Crippen LogP contribution < -0.4 is 5.01 Å². The van der Waals surface area contributed by atoms with Gasteiger partial charge in [-0.05, 0) is 29.8 Å². The van der Waals surface area contributed by atoms with Crippen molar-refractivity contribution in [2.75, 3.05) is 11.6 Å². The minimum absolute atomic E-state index is 0.0325. The summed E-state index contributed by atoms with van der Waals surface area (Å²) in [7, 11) is 0. The largest absolute Gasteiger partial charge is 0.481 e. The number of carboxylic acids is 1. The topological polar surface area (TPSA) is 65.8 Å². The summed E-state index contributed by atoms with van der Waals surface area (Å²) in [4.78, 5) is 15.4. The second-order valence-electron chi connectivity index (χ2n) is 5.06. The van der Waals surface area contributed by atoms with E-state index in [1.165, 1.54) is 0 Å².